The third kappa shape index (κ3) is 3.25. The van der Waals surface area contributed by atoms with Gasteiger partial charge in [0.15, 0.2) is 0 Å². The molecule has 0 spiro atoms. The van der Waals surface area contributed by atoms with Crippen LogP contribution in [0.1, 0.15) is 31.3 Å². The van der Waals surface area contributed by atoms with E-state index in [1.54, 1.807) is 0 Å². The second kappa shape index (κ2) is 5.89. The maximum absolute atomic E-state index is 3.80. The Morgan fingerprint density at radius 1 is 1.11 bits per heavy atom. The topological polar surface area (TPSA) is 0 Å². The molecule has 1 heterocycles. The fourth-order valence-corrected chi connectivity index (χ4v) is 4.20. The average molecular weight is 388 g/mol. The number of hydrogen-bond donors (Lipinski definition) is 0. The van der Waals surface area contributed by atoms with Crippen molar-refractivity contribution in [3.8, 4) is 0 Å². The highest BCUT2D eigenvalue weighted by molar-refractivity contribution is 9.10. The van der Waals surface area contributed by atoms with Crippen molar-refractivity contribution in [2.45, 2.75) is 32.0 Å². The summed E-state index contributed by atoms with van der Waals surface area (Å²) in [4.78, 5) is 3.13. The molecular weight excluding hydrogens is 372 g/mol. The molecular formula is C15H16Br2S. The van der Waals surface area contributed by atoms with E-state index in [9.17, 15) is 0 Å². The molecule has 2 aromatic rings. The van der Waals surface area contributed by atoms with Crippen LogP contribution < -0.4 is 0 Å². The molecule has 18 heavy (non-hydrogen) atoms. The predicted octanol–water partition coefficient (Wildman–Crippen LogP) is 6.11. The maximum Gasteiger partial charge on any atom is 0.0529 e. The lowest BCUT2D eigenvalue weighted by atomic mass is 10.0. The number of hydrogen-bond acceptors (Lipinski definition) is 1. The summed E-state index contributed by atoms with van der Waals surface area (Å²) in [7, 11) is 0. The molecule has 0 aliphatic heterocycles. The van der Waals surface area contributed by atoms with Gasteiger partial charge < -0.3 is 0 Å². The third-order valence-corrected chi connectivity index (χ3v) is 6.54. The van der Waals surface area contributed by atoms with E-state index >= 15 is 0 Å². The number of aryl methyl sites for hydroxylation is 3. The van der Waals surface area contributed by atoms with Crippen molar-refractivity contribution in [3.63, 3.8) is 0 Å². The summed E-state index contributed by atoms with van der Waals surface area (Å²) in [5, 5.41) is 0. The van der Waals surface area contributed by atoms with Gasteiger partial charge in [-0.2, -0.15) is 0 Å². The lowest BCUT2D eigenvalue weighted by molar-refractivity contribution is 0.965. The van der Waals surface area contributed by atoms with Crippen LogP contribution in [0.4, 0.5) is 0 Å². The van der Waals surface area contributed by atoms with Gasteiger partial charge in [0.2, 0.25) is 0 Å². The number of thiophene rings is 1. The molecule has 0 amide bonds. The van der Waals surface area contributed by atoms with Gasteiger partial charge in [-0.15, -0.1) is 11.3 Å². The highest BCUT2D eigenvalue weighted by Gasteiger charge is 2.13. The maximum atomic E-state index is 3.80. The van der Waals surface area contributed by atoms with Crippen molar-refractivity contribution in [1.82, 2.24) is 0 Å². The van der Waals surface area contributed by atoms with Gasteiger partial charge in [0, 0.05) is 14.2 Å². The van der Waals surface area contributed by atoms with Gasteiger partial charge in [-0.05, 0) is 65.9 Å². The molecule has 0 aliphatic rings. The first-order valence-corrected chi connectivity index (χ1v) is 8.46. The number of alkyl halides is 1. The third-order valence-electron chi connectivity index (χ3n) is 3.17. The van der Waals surface area contributed by atoms with Crippen LogP contribution in [-0.4, -0.2) is 0 Å². The smallest absolute Gasteiger partial charge is 0.0529 e. The van der Waals surface area contributed by atoms with Crippen molar-refractivity contribution in [3.05, 3.63) is 55.2 Å². The molecule has 0 nitrogen and oxygen atoms in total. The van der Waals surface area contributed by atoms with E-state index in [1.165, 1.54) is 30.9 Å². The quantitative estimate of drug-likeness (QED) is 0.557. The van der Waals surface area contributed by atoms with Crippen LogP contribution in [-0.2, 0) is 6.42 Å². The van der Waals surface area contributed by atoms with Crippen LogP contribution in [0.2, 0.25) is 0 Å². The van der Waals surface area contributed by atoms with Crippen molar-refractivity contribution >= 4 is 43.2 Å². The Morgan fingerprint density at radius 3 is 2.39 bits per heavy atom. The molecule has 0 bridgehead atoms. The molecule has 1 aromatic carbocycles. The molecule has 0 saturated heterocycles. The minimum absolute atomic E-state index is 0.398. The molecule has 0 aliphatic carbocycles. The Kier molecular flexibility index (Phi) is 4.68. The van der Waals surface area contributed by atoms with Crippen molar-refractivity contribution in [2.75, 3.05) is 0 Å². The second-order valence-electron chi connectivity index (χ2n) is 4.64. The van der Waals surface area contributed by atoms with E-state index in [0.717, 1.165) is 6.42 Å². The Balaban J connectivity index is 2.15. The first kappa shape index (κ1) is 14.3. The second-order valence-corrected chi connectivity index (χ2v) is 7.89. The van der Waals surface area contributed by atoms with Crippen LogP contribution >= 0.6 is 43.2 Å². The fraction of sp³-hybridized carbons (Fsp3) is 0.333. The van der Waals surface area contributed by atoms with E-state index in [2.05, 4.69) is 76.9 Å². The van der Waals surface area contributed by atoms with E-state index in [4.69, 9.17) is 0 Å². The van der Waals surface area contributed by atoms with Gasteiger partial charge in [-0.3, -0.25) is 0 Å². The largest absolute Gasteiger partial charge is 0.143 e. The standard InChI is InChI=1S/C15H16Br2S/c1-9-4-5-12(6-10(9)2)7-14(17)15-8-13(16)11(3)18-15/h4-6,8,14H,7H2,1-3H3. The van der Waals surface area contributed by atoms with Gasteiger partial charge in [0.1, 0.15) is 0 Å². The molecule has 0 saturated carbocycles. The molecule has 2 rings (SSSR count). The molecule has 1 unspecified atom stereocenters. The summed E-state index contributed by atoms with van der Waals surface area (Å²) in [5.74, 6) is 0. The SMILES string of the molecule is Cc1ccc(CC(Br)c2cc(Br)c(C)s2)cc1C. The molecule has 1 aromatic heterocycles. The van der Waals surface area contributed by atoms with E-state index < -0.39 is 0 Å². The van der Waals surface area contributed by atoms with Crippen LogP contribution in [0.3, 0.4) is 0 Å². The van der Waals surface area contributed by atoms with E-state index in [0.29, 0.717) is 4.83 Å². The highest BCUT2D eigenvalue weighted by Crippen LogP contribution is 2.36. The molecule has 0 radical (unpaired) electrons. The molecule has 3 heteroatoms. The molecule has 96 valence electrons. The van der Waals surface area contributed by atoms with Crippen LogP contribution in [0.25, 0.3) is 0 Å². The number of rotatable bonds is 3. The van der Waals surface area contributed by atoms with Crippen LogP contribution in [0, 0.1) is 20.8 Å². The Morgan fingerprint density at radius 2 is 1.83 bits per heavy atom. The normalized spacial score (nSPS) is 12.7. The fourth-order valence-electron chi connectivity index (χ4n) is 1.87. The predicted molar refractivity (Wildman–Crippen MR) is 88.0 cm³/mol. The van der Waals surface area contributed by atoms with Gasteiger partial charge in [-0.1, -0.05) is 34.1 Å². The molecule has 0 N–H and O–H groups in total. The van der Waals surface area contributed by atoms with Gasteiger partial charge in [0.05, 0.1) is 4.83 Å². The minimum atomic E-state index is 0.398. The van der Waals surface area contributed by atoms with Crippen LogP contribution in [0.15, 0.2) is 28.7 Å². The minimum Gasteiger partial charge on any atom is -0.143 e. The Bertz CT molecular complexity index is 538. The summed E-state index contributed by atoms with van der Waals surface area (Å²) in [5.41, 5.74) is 4.12. The zero-order chi connectivity index (χ0) is 13.3. The Labute approximate surface area is 130 Å². The van der Waals surface area contributed by atoms with Crippen molar-refractivity contribution in [2.24, 2.45) is 0 Å². The zero-order valence-corrected chi connectivity index (χ0v) is 14.7. The van der Waals surface area contributed by atoms with E-state index in [1.807, 2.05) is 11.3 Å². The van der Waals surface area contributed by atoms with Gasteiger partial charge >= 0.3 is 0 Å². The summed E-state index contributed by atoms with van der Waals surface area (Å²) in [6, 6.07) is 8.95. The zero-order valence-electron chi connectivity index (χ0n) is 10.8. The van der Waals surface area contributed by atoms with Gasteiger partial charge in [-0.25, -0.2) is 0 Å². The number of benzene rings is 1. The van der Waals surface area contributed by atoms with Gasteiger partial charge in [0.25, 0.3) is 0 Å². The summed E-state index contributed by atoms with van der Waals surface area (Å²) in [6.07, 6.45) is 1.04. The summed E-state index contributed by atoms with van der Waals surface area (Å²) >= 11 is 9.24. The monoisotopic (exact) mass is 386 g/mol. The van der Waals surface area contributed by atoms with Crippen LogP contribution in [0.5, 0.6) is 0 Å². The van der Waals surface area contributed by atoms with Crippen molar-refractivity contribution in [1.29, 1.82) is 0 Å². The average Bonchev–Trinajstić information content (AvgIpc) is 2.65. The highest BCUT2D eigenvalue weighted by atomic mass is 79.9. The molecule has 1 atom stereocenters. The first-order valence-electron chi connectivity index (χ1n) is 5.93. The molecule has 0 fully saturated rings. The van der Waals surface area contributed by atoms with E-state index in [-0.39, 0.29) is 0 Å². The Hall–Kier alpha value is -0.120. The summed E-state index contributed by atoms with van der Waals surface area (Å²) in [6.45, 7) is 6.48. The number of halogens is 2. The first-order chi connectivity index (χ1) is 8.47. The lowest BCUT2D eigenvalue weighted by Crippen LogP contribution is -1.94. The summed E-state index contributed by atoms with van der Waals surface area (Å²) < 4.78 is 1.21. The van der Waals surface area contributed by atoms with Crippen molar-refractivity contribution < 1.29 is 0 Å². The lowest BCUT2D eigenvalue weighted by Gasteiger charge is -2.09.